The molecule has 0 bridgehead atoms. The lowest BCUT2D eigenvalue weighted by atomic mass is 10.1. The third-order valence-electron chi connectivity index (χ3n) is 3.53. The first-order valence-corrected chi connectivity index (χ1v) is 7.63. The molecule has 0 aromatic rings. The predicted octanol–water partition coefficient (Wildman–Crippen LogP) is 0.647. The first-order valence-electron chi connectivity index (χ1n) is 7.63. The highest BCUT2D eigenvalue weighted by Crippen LogP contribution is 2.18. The standard InChI is InChI=1S/C15H28N2O4/c1-10(2)6-17(7-11(3)4)14(19)9-16-8-12(18)5-13(16)15(20)21/h10-13,18H,5-9H2,1-4H3,(H,20,21). The van der Waals surface area contributed by atoms with Gasteiger partial charge in [-0.1, -0.05) is 27.7 Å². The van der Waals surface area contributed by atoms with Crippen LogP contribution in [0.1, 0.15) is 34.1 Å². The number of rotatable bonds is 7. The summed E-state index contributed by atoms with van der Waals surface area (Å²) in [5.41, 5.74) is 0. The van der Waals surface area contributed by atoms with Crippen LogP contribution in [0.5, 0.6) is 0 Å². The number of aliphatic hydroxyl groups excluding tert-OH is 1. The van der Waals surface area contributed by atoms with Crippen LogP contribution in [0, 0.1) is 11.8 Å². The van der Waals surface area contributed by atoms with E-state index in [0.29, 0.717) is 24.9 Å². The number of carbonyl (C=O) groups excluding carboxylic acids is 1. The summed E-state index contributed by atoms with van der Waals surface area (Å²) in [6.07, 6.45) is -0.473. The molecule has 6 nitrogen and oxygen atoms in total. The molecule has 0 aromatic carbocycles. The van der Waals surface area contributed by atoms with Crippen molar-refractivity contribution in [1.82, 2.24) is 9.80 Å². The van der Waals surface area contributed by atoms with Gasteiger partial charge < -0.3 is 15.1 Å². The summed E-state index contributed by atoms with van der Waals surface area (Å²) in [5.74, 6) is -0.296. The summed E-state index contributed by atoms with van der Waals surface area (Å²) >= 11 is 0. The Labute approximate surface area is 126 Å². The van der Waals surface area contributed by atoms with Gasteiger partial charge in [-0.2, -0.15) is 0 Å². The van der Waals surface area contributed by atoms with Crippen LogP contribution in [0.25, 0.3) is 0 Å². The van der Waals surface area contributed by atoms with Crippen LogP contribution in [-0.4, -0.2) is 70.2 Å². The third kappa shape index (κ3) is 5.63. The average molecular weight is 300 g/mol. The van der Waals surface area contributed by atoms with Crippen molar-refractivity contribution in [1.29, 1.82) is 0 Å². The van der Waals surface area contributed by atoms with Crippen molar-refractivity contribution in [2.45, 2.75) is 46.3 Å². The molecule has 0 saturated carbocycles. The van der Waals surface area contributed by atoms with E-state index in [2.05, 4.69) is 27.7 Å². The van der Waals surface area contributed by atoms with E-state index in [4.69, 9.17) is 5.11 Å². The largest absolute Gasteiger partial charge is 0.480 e. The van der Waals surface area contributed by atoms with Crippen molar-refractivity contribution >= 4 is 11.9 Å². The topological polar surface area (TPSA) is 81.1 Å². The number of aliphatic hydroxyl groups is 1. The molecule has 0 aliphatic carbocycles. The fourth-order valence-electron chi connectivity index (χ4n) is 2.74. The van der Waals surface area contributed by atoms with Crippen molar-refractivity contribution in [3.63, 3.8) is 0 Å². The van der Waals surface area contributed by atoms with Crippen LogP contribution in [0.4, 0.5) is 0 Å². The maximum Gasteiger partial charge on any atom is 0.321 e. The fourth-order valence-corrected chi connectivity index (χ4v) is 2.74. The third-order valence-corrected chi connectivity index (χ3v) is 3.53. The molecule has 1 amide bonds. The summed E-state index contributed by atoms with van der Waals surface area (Å²) in [7, 11) is 0. The zero-order valence-electron chi connectivity index (χ0n) is 13.5. The van der Waals surface area contributed by atoms with Gasteiger partial charge in [0.2, 0.25) is 5.91 Å². The van der Waals surface area contributed by atoms with Gasteiger partial charge in [0.25, 0.3) is 0 Å². The van der Waals surface area contributed by atoms with Crippen LogP contribution < -0.4 is 0 Å². The monoisotopic (exact) mass is 300 g/mol. The molecule has 1 aliphatic rings. The molecule has 1 heterocycles. The molecule has 0 aromatic heterocycles. The van der Waals surface area contributed by atoms with Crippen LogP contribution in [0.3, 0.4) is 0 Å². The van der Waals surface area contributed by atoms with Crippen molar-refractivity contribution < 1.29 is 19.8 Å². The van der Waals surface area contributed by atoms with E-state index >= 15 is 0 Å². The van der Waals surface area contributed by atoms with Gasteiger partial charge in [-0.05, 0) is 11.8 Å². The number of carbonyl (C=O) groups is 2. The number of hydrogen-bond donors (Lipinski definition) is 2. The van der Waals surface area contributed by atoms with Crippen LogP contribution in [0.2, 0.25) is 0 Å². The molecular formula is C15H28N2O4. The van der Waals surface area contributed by atoms with Gasteiger partial charge in [-0.15, -0.1) is 0 Å². The highest BCUT2D eigenvalue weighted by atomic mass is 16.4. The van der Waals surface area contributed by atoms with E-state index in [1.54, 1.807) is 9.80 Å². The predicted molar refractivity (Wildman–Crippen MR) is 79.9 cm³/mol. The number of amides is 1. The number of nitrogens with zero attached hydrogens (tertiary/aromatic N) is 2. The lowest BCUT2D eigenvalue weighted by Crippen LogP contribution is -2.46. The minimum absolute atomic E-state index is 0.0576. The minimum Gasteiger partial charge on any atom is -0.480 e. The molecule has 1 aliphatic heterocycles. The molecule has 21 heavy (non-hydrogen) atoms. The Morgan fingerprint density at radius 2 is 1.71 bits per heavy atom. The Bertz CT molecular complexity index is 361. The first-order chi connectivity index (χ1) is 9.70. The number of carboxylic acids is 1. The second-order valence-corrected chi connectivity index (χ2v) is 6.76. The van der Waals surface area contributed by atoms with Crippen molar-refractivity contribution in [2.24, 2.45) is 11.8 Å². The van der Waals surface area contributed by atoms with Crippen LogP contribution in [-0.2, 0) is 9.59 Å². The summed E-state index contributed by atoms with van der Waals surface area (Å²) in [4.78, 5) is 27.0. The molecule has 1 saturated heterocycles. The van der Waals surface area contributed by atoms with Gasteiger partial charge in [0.05, 0.1) is 12.6 Å². The molecule has 2 atom stereocenters. The van der Waals surface area contributed by atoms with Crippen LogP contribution >= 0.6 is 0 Å². The lowest BCUT2D eigenvalue weighted by molar-refractivity contribution is -0.143. The lowest BCUT2D eigenvalue weighted by Gasteiger charge is -2.29. The fraction of sp³-hybridized carbons (Fsp3) is 0.867. The minimum atomic E-state index is -0.974. The van der Waals surface area contributed by atoms with Gasteiger partial charge in [0, 0.05) is 26.1 Å². The summed E-state index contributed by atoms with van der Waals surface area (Å²) in [5, 5.41) is 18.8. The summed E-state index contributed by atoms with van der Waals surface area (Å²) < 4.78 is 0. The maximum atomic E-state index is 12.5. The highest BCUT2D eigenvalue weighted by molar-refractivity contribution is 5.80. The number of β-amino-alcohol motifs (C(OH)–C–C–N with tert-alkyl or cyclic N) is 1. The zero-order valence-corrected chi connectivity index (χ0v) is 13.5. The normalized spacial score (nSPS) is 23.0. The molecule has 0 spiro atoms. The highest BCUT2D eigenvalue weighted by Gasteiger charge is 2.37. The van der Waals surface area contributed by atoms with E-state index in [9.17, 15) is 14.7 Å². The Balaban J connectivity index is 2.68. The maximum absolute atomic E-state index is 12.5. The molecule has 1 fully saturated rings. The smallest absolute Gasteiger partial charge is 0.321 e. The van der Waals surface area contributed by atoms with Crippen molar-refractivity contribution in [3.8, 4) is 0 Å². The molecule has 2 unspecified atom stereocenters. The van der Waals surface area contributed by atoms with E-state index in [1.165, 1.54) is 0 Å². The van der Waals surface area contributed by atoms with Gasteiger partial charge in [0.15, 0.2) is 0 Å². The van der Waals surface area contributed by atoms with Gasteiger partial charge in [-0.25, -0.2) is 0 Å². The Morgan fingerprint density at radius 1 is 1.19 bits per heavy atom. The zero-order chi connectivity index (χ0) is 16.2. The van der Waals surface area contributed by atoms with Gasteiger partial charge >= 0.3 is 5.97 Å². The van der Waals surface area contributed by atoms with Crippen molar-refractivity contribution in [2.75, 3.05) is 26.2 Å². The molecule has 0 radical (unpaired) electrons. The first kappa shape index (κ1) is 17.9. The molecule has 2 N–H and O–H groups in total. The Kier molecular flexibility index (Phi) is 6.61. The molecule has 1 rings (SSSR count). The second-order valence-electron chi connectivity index (χ2n) is 6.76. The van der Waals surface area contributed by atoms with Gasteiger partial charge in [0.1, 0.15) is 6.04 Å². The number of hydrogen-bond acceptors (Lipinski definition) is 4. The average Bonchev–Trinajstić information content (AvgIpc) is 2.68. The number of likely N-dealkylation sites (tertiary alicyclic amines) is 1. The van der Waals surface area contributed by atoms with Crippen LogP contribution in [0.15, 0.2) is 0 Å². The van der Waals surface area contributed by atoms with E-state index < -0.39 is 18.1 Å². The Morgan fingerprint density at radius 3 is 2.14 bits per heavy atom. The van der Waals surface area contributed by atoms with Gasteiger partial charge in [-0.3, -0.25) is 14.5 Å². The molecule has 6 heteroatoms. The van der Waals surface area contributed by atoms with E-state index in [1.807, 2.05) is 0 Å². The summed E-state index contributed by atoms with van der Waals surface area (Å²) in [6.45, 7) is 9.88. The number of aliphatic carboxylic acids is 1. The van der Waals surface area contributed by atoms with E-state index in [0.717, 1.165) is 0 Å². The quantitative estimate of drug-likeness (QED) is 0.721. The van der Waals surface area contributed by atoms with Crippen molar-refractivity contribution in [3.05, 3.63) is 0 Å². The Hall–Kier alpha value is -1.14. The van der Waals surface area contributed by atoms with E-state index in [-0.39, 0.29) is 25.4 Å². The molecule has 122 valence electrons. The molecular weight excluding hydrogens is 272 g/mol. The summed E-state index contributed by atoms with van der Waals surface area (Å²) in [6, 6.07) is -0.760. The second kappa shape index (κ2) is 7.75. The SMILES string of the molecule is CC(C)CN(CC(C)C)C(=O)CN1CC(O)CC1C(=O)O. The number of carboxylic acid groups (broad SMARTS) is 1.